The fraction of sp³-hybridized carbons (Fsp3) is 0.125. The number of hydrogen-bond donors (Lipinski definition) is 1. The molecule has 0 saturated carbocycles. The van der Waals surface area contributed by atoms with E-state index in [0.717, 1.165) is 10.0 Å². The second-order valence-corrected chi connectivity index (χ2v) is 6.22. The summed E-state index contributed by atoms with van der Waals surface area (Å²) in [6.07, 6.45) is 1.82. The van der Waals surface area contributed by atoms with E-state index in [1.165, 1.54) is 18.2 Å². The minimum absolute atomic E-state index is 0.0822. The largest absolute Gasteiger partial charge is 0.320 e. The number of amides is 1. The number of pyridine rings is 1. The van der Waals surface area contributed by atoms with Crippen molar-refractivity contribution in [3.8, 4) is 0 Å². The summed E-state index contributed by atoms with van der Waals surface area (Å²) in [6.45, 7) is 3.67. The topological polar surface area (TPSA) is 89.5 Å². The van der Waals surface area contributed by atoms with Crippen LogP contribution in [-0.2, 0) is 0 Å². The van der Waals surface area contributed by atoms with E-state index in [4.69, 9.17) is 0 Å². The zero-order valence-corrected chi connectivity index (χ0v) is 14.5. The molecule has 1 amide bonds. The van der Waals surface area contributed by atoms with Crippen LogP contribution < -0.4 is 5.32 Å². The third kappa shape index (κ3) is 2.88. The average Bonchev–Trinajstić information content (AvgIpc) is 2.84. The highest BCUT2D eigenvalue weighted by Gasteiger charge is 2.19. The van der Waals surface area contributed by atoms with Crippen LogP contribution >= 0.6 is 15.9 Å². The minimum Gasteiger partial charge on any atom is -0.320 e. The molecule has 0 radical (unpaired) electrons. The van der Waals surface area contributed by atoms with Gasteiger partial charge in [-0.05, 0) is 47.5 Å². The van der Waals surface area contributed by atoms with Crippen molar-refractivity contribution in [2.24, 2.45) is 0 Å². The van der Waals surface area contributed by atoms with E-state index in [0.29, 0.717) is 22.7 Å². The van der Waals surface area contributed by atoms with E-state index in [1.807, 2.05) is 19.2 Å². The lowest BCUT2D eigenvalue weighted by molar-refractivity contribution is -0.384. The molecule has 24 heavy (non-hydrogen) atoms. The van der Waals surface area contributed by atoms with Gasteiger partial charge in [-0.2, -0.15) is 0 Å². The molecule has 1 aromatic carbocycles. The Balaban J connectivity index is 2.02. The minimum atomic E-state index is -0.504. The van der Waals surface area contributed by atoms with Crippen molar-refractivity contribution in [3.63, 3.8) is 0 Å². The number of aryl methyl sites for hydroxylation is 2. The van der Waals surface area contributed by atoms with E-state index < -0.39 is 4.92 Å². The number of nitrogens with one attached hydrogen (secondary N) is 1. The first kappa shape index (κ1) is 16.1. The van der Waals surface area contributed by atoms with Crippen LogP contribution in [0.25, 0.3) is 5.65 Å². The van der Waals surface area contributed by atoms with Crippen LogP contribution in [0.3, 0.4) is 0 Å². The number of nitro benzene ring substituents is 1. The molecule has 0 atom stereocenters. The van der Waals surface area contributed by atoms with Gasteiger partial charge in [-0.15, -0.1) is 0 Å². The highest BCUT2D eigenvalue weighted by molar-refractivity contribution is 9.10. The lowest BCUT2D eigenvalue weighted by atomic mass is 10.2. The smallest absolute Gasteiger partial charge is 0.274 e. The summed E-state index contributed by atoms with van der Waals surface area (Å²) >= 11 is 3.45. The Kier molecular flexibility index (Phi) is 4.06. The number of nitro groups is 1. The third-order valence-electron chi connectivity index (χ3n) is 3.52. The molecule has 0 fully saturated rings. The quantitative estimate of drug-likeness (QED) is 0.544. The number of anilines is 1. The molecule has 0 bridgehead atoms. The van der Waals surface area contributed by atoms with Crippen LogP contribution in [0.1, 0.15) is 21.7 Å². The molecule has 0 aliphatic carbocycles. The summed E-state index contributed by atoms with van der Waals surface area (Å²) in [5.74, 6) is -0.377. The zero-order valence-electron chi connectivity index (χ0n) is 12.9. The van der Waals surface area contributed by atoms with E-state index in [9.17, 15) is 14.9 Å². The van der Waals surface area contributed by atoms with Gasteiger partial charge in [0.15, 0.2) is 5.65 Å². The van der Waals surface area contributed by atoms with Crippen molar-refractivity contribution >= 4 is 38.9 Å². The van der Waals surface area contributed by atoms with E-state index >= 15 is 0 Å². The molecule has 0 aliphatic heterocycles. The van der Waals surface area contributed by atoms with Crippen LogP contribution in [-0.4, -0.2) is 20.2 Å². The van der Waals surface area contributed by atoms with E-state index in [1.54, 1.807) is 17.4 Å². The number of imidazole rings is 1. The summed E-state index contributed by atoms with van der Waals surface area (Å²) in [5.41, 5.74) is 2.85. The summed E-state index contributed by atoms with van der Waals surface area (Å²) in [5, 5.41) is 13.5. The molecule has 0 saturated heterocycles. The summed E-state index contributed by atoms with van der Waals surface area (Å²) in [4.78, 5) is 27.4. The first-order valence-electron chi connectivity index (χ1n) is 7.07. The summed E-state index contributed by atoms with van der Waals surface area (Å²) in [6, 6.07) is 7.73. The maximum atomic E-state index is 12.7. The Hall–Kier alpha value is -2.74. The molecule has 0 unspecified atom stereocenters. The van der Waals surface area contributed by atoms with Crippen LogP contribution in [0.5, 0.6) is 0 Å². The Morgan fingerprint density at radius 2 is 2.08 bits per heavy atom. The van der Waals surface area contributed by atoms with Gasteiger partial charge in [0.25, 0.3) is 11.6 Å². The van der Waals surface area contributed by atoms with Gasteiger partial charge in [0, 0.05) is 24.0 Å². The van der Waals surface area contributed by atoms with Gasteiger partial charge in [0.05, 0.1) is 15.1 Å². The molecular weight excluding hydrogens is 376 g/mol. The molecule has 0 spiro atoms. The van der Waals surface area contributed by atoms with Crippen LogP contribution in [0.15, 0.2) is 41.0 Å². The van der Waals surface area contributed by atoms with Gasteiger partial charge in [0.2, 0.25) is 0 Å². The van der Waals surface area contributed by atoms with Crippen LogP contribution in [0, 0.1) is 24.0 Å². The molecule has 122 valence electrons. The van der Waals surface area contributed by atoms with E-state index in [-0.39, 0.29) is 11.6 Å². The second-order valence-electron chi connectivity index (χ2n) is 5.37. The SMILES string of the molecule is Cc1cc(Br)c2nc(C)c(C(=O)Nc3cccc([N+](=O)[O-])c3)n2c1. The first-order chi connectivity index (χ1) is 11.4. The molecule has 3 rings (SSSR count). The number of carbonyl (C=O) groups is 1. The monoisotopic (exact) mass is 388 g/mol. The number of nitrogens with zero attached hydrogens (tertiary/aromatic N) is 3. The number of halogens is 1. The van der Waals surface area contributed by atoms with Crippen LogP contribution in [0.4, 0.5) is 11.4 Å². The lowest BCUT2D eigenvalue weighted by Crippen LogP contribution is -2.15. The van der Waals surface area contributed by atoms with Gasteiger partial charge in [-0.3, -0.25) is 19.3 Å². The Morgan fingerprint density at radius 1 is 1.33 bits per heavy atom. The maximum absolute atomic E-state index is 12.7. The highest BCUT2D eigenvalue weighted by atomic mass is 79.9. The van der Waals surface area contributed by atoms with Gasteiger partial charge in [-0.1, -0.05) is 6.07 Å². The fourth-order valence-corrected chi connectivity index (χ4v) is 3.15. The van der Waals surface area contributed by atoms with Crippen molar-refractivity contribution in [2.45, 2.75) is 13.8 Å². The average molecular weight is 389 g/mol. The number of benzene rings is 1. The van der Waals surface area contributed by atoms with Crippen molar-refractivity contribution in [1.82, 2.24) is 9.38 Å². The Morgan fingerprint density at radius 3 is 2.79 bits per heavy atom. The zero-order chi connectivity index (χ0) is 17.4. The molecule has 2 aromatic heterocycles. The molecule has 8 heteroatoms. The van der Waals surface area contributed by atoms with Gasteiger partial charge in [-0.25, -0.2) is 4.98 Å². The summed E-state index contributed by atoms with van der Waals surface area (Å²) in [7, 11) is 0. The van der Waals surface area contributed by atoms with Gasteiger partial charge < -0.3 is 5.32 Å². The second kappa shape index (κ2) is 6.04. The number of rotatable bonds is 3. The molecule has 2 heterocycles. The predicted octanol–water partition coefficient (Wildman–Crippen LogP) is 3.87. The number of hydrogen-bond acceptors (Lipinski definition) is 4. The standard InChI is InChI=1S/C16H13BrN4O3/c1-9-6-13(17)15-18-10(2)14(20(15)8-9)16(22)19-11-4-3-5-12(7-11)21(23)24/h3-8H,1-2H3,(H,19,22). The van der Waals surface area contributed by atoms with Gasteiger partial charge >= 0.3 is 0 Å². The third-order valence-corrected chi connectivity index (χ3v) is 4.10. The highest BCUT2D eigenvalue weighted by Crippen LogP contribution is 2.23. The fourth-order valence-electron chi connectivity index (χ4n) is 2.51. The molecule has 3 aromatic rings. The molecule has 1 N–H and O–H groups in total. The van der Waals surface area contributed by atoms with Crippen molar-refractivity contribution in [1.29, 1.82) is 0 Å². The predicted molar refractivity (Wildman–Crippen MR) is 93.4 cm³/mol. The van der Waals surface area contributed by atoms with Crippen molar-refractivity contribution in [3.05, 3.63) is 68.1 Å². The number of aromatic nitrogens is 2. The molecule has 0 aliphatic rings. The first-order valence-corrected chi connectivity index (χ1v) is 7.86. The van der Waals surface area contributed by atoms with Crippen LogP contribution in [0.2, 0.25) is 0 Å². The number of non-ortho nitro benzene ring substituents is 1. The number of carbonyl (C=O) groups excluding carboxylic acids is 1. The molecule has 7 nitrogen and oxygen atoms in total. The van der Waals surface area contributed by atoms with E-state index in [2.05, 4.69) is 26.2 Å². The maximum Gasteiger partial charge on any atom is 0.274 e. The lowest BCUT2D eigenvalue weighted by Gasteiger charge is -2.07. The Bertz CT molecular complexity index is 981. The number of fused-ring (bicyclic) bond motifs is 1. The van der Waals surface area contributed by atoms with Gasteiger partial charge in [0.1, 0.15) is 5.69 Å². The van der Waals surface area contributed by atoms with Crippen molar-refractivity contribution < 1.29 is 9.72 Å². The molecular formula is C16H13BrN4O3. The summed E-state index contributed by atoms with van der Waals surface area (Å²) < 4.78 is 2.50. The van der Waals surface area contributed by atoms with Crippen molar-refractivity contribution in [2.75, 3.05) is 5.32 Å². The normalized spacial score (nSPS) is 10.8. The Labute approximate surface area is 145 Å².